The molecule has 0 aliphatic heterocycles. The molecule has 0 bridgehead atoms. The molecule has 0 saturated heterocycles. The minimum atomic E-state index is -0.0429. The van der Waals surface area contributed by atoms with Gasteiger partial charge in [0.25, 0.3) is 0 Å². The second-order valence-corrected chi connectivity index (χ2v) is 2.49. The Hall–Kier alpha value is -0.640. The van der Waals surface area contributed by atoms with Gasteiger partial charge in [-0.1, -0.05) is 6.92 Å². The summed E-state index contributed by atoms with van der Waals surface area (Å²) in [6.07, 6.45) is 0.466. The first-order chi connectivity index (χ1) is 4.57. The van der Waals surface area contributed by atoms with Gasteiger partial charge in [0.15, 0.2) is 5.11 Å². The van der Waals surface area contributed by atoms with Crippen molar-refractivity contribution < 1.29 is 4.79 Å². The monoisotopic (exact) mass is 160 g/mol. The molecule has 0 aliphatic carbocycles. The van der Waals surface area contributed by atoms with E-state index >= 15 is 0 Å². The van der Waals surface area contributed by atoms with Gasteiger partial charge in [0, 0.05) is 20.5 Å². The van der Waals surface area contributed by atoms with Gasteiger partial charge in [-0.3, -0.25) is 4.79 Å². The zero-order chi connectivity index (χ0) is 8.15. The molecule has 0 aromatic heterocycles. The third-order valence-corrected chi connectivity index (χ3v) is 1.44. The Morgan fingerprint density at radius 2 is 2.10 bits per heavy atom. The first-order valence-electron chi connectivity index (χ1n) is 3.09. The highest BCUT2D eigenvalue weighted by molar-refractivity contribution is 7.80. The van der Waals surface area contributed by atoms with E-state index in [1.807, 2.05) is 0 Å². The molecule has 1 amide bonds. The van der Waals surface area contributed by atoms with Crippen LogP contribution in [0.25, 0.3) is 0 Å². The van der Waals surface area contributed by atoms with Gasteiger partial charge in [0.1, 0.15) is 0 Å². The largest absolute Gasteiger partial charge is 0.355 e. The summed E-state index contributed by atoms with van der Waals surface area (Å²) in [6.45, 7) is 1.79. The minimum absolute atomic E-state index is 0.0429. The Kier molecular flexibility index (Phi) is 3.95. The smallest absolute Gasteiger partial charge is 0.225 e. The summed E-state index contributed by atoms with van der Waals surface area (Å²) in [5.74, 6) is -0.0429. The van der Waals surface area contributed by atoms with Crippen molar-refractivity contribution in [2.75, 3.05) is 14.1 Å². The molecule has 0 unspecified atom stereocenters. The summed E-state index contributed by atoms with van der Waals surface area (Å²) >= 11 is 4.81. The predicted molar refractivity (Wildman–Crippen MR) is 44.7 cm³/mol. The van der Waals surface area contributed by atoms with E-state index in [0.29, 0.717) is 11.5 Å². The number of nitrogens with zero attached hydrogens (tertiary/aromatic N) is 1. The van der Waals surface area contributed by atoms with Crippen molar-refractivity contribution in [1.82, 2.24) is 10.2 Å². The summed E-state index contributed by atoms with van der Waals surface area (Å²) < 4.78 is 0. The predicted octanol–water partition coefficient (Wildman–Crippen LogP) is 0.359. The van der Waals surface area contributed by atoms with Crippen LogP contribution in [0.1, 0.15) is 13.3 Å². The highest BCUT2D eigenvalue weighted by Crippen LogP contribution is 1.80. The van der Waals surface area contributed by atoms with E-state index in [4.69, 9.17) is 12.2 Å². The lowest BCUT2D eigenvalue weighted by atomic mass is 10.5. The Balaban J connectivity index is 3.69. The second kappa shape index (κ2) is 4.22. The van der Waals surface area contributed by atoms with Gasteiger partial charge in [-0.25, -0.2) is 0 Å². The molecule has 0 spiro atoms. The molecule has 0 atom stereocenters. The number of amides is 1. The van der Waals surface area contributed by atoms with Crippen LogP contribution in [0.3, 0.4) is 0 Å². The van der Waals surface area contributed by atoms with Gasteiger partial charge in [0.05, 0.1) is 0 Å². The van der Waals surface area contributed by atoms with Gasteiger partial charge in [0.2, 0.25) is 5.91 Å². The molecule has 10 heavy (non-hydrogen) atoms. The van der Waals surface area contributed by atoms with Gasteiger partial charge in [-0.2, -0.15) is 0 Å². The lowest BCUT2D eigenvalue weighted by Crippen LogP contribution is -2.37. The normalized spacial score (nSPS) is 8.70. The summed E-state index contributed by atoms with van der Waals surface area (Å²) in [5, 5.41) is 3.01. The molecule has 0 aromatic rings. The second-order valence-electron chi connectivity index (χ2n) is 2.10. The fourth-order valence-electron chi connectivity index (χ4n) is 0.319. The average molecular weight is 160 g/mol. The molecule has 1 N–H and O–H groups in total. The summed E-state index contributed by atoms with van der Waals surface area (Å²) in [5.41, 5.74) is 0. The van der Waals surface area contributed by atoms with Crippen LogP contribution >= 0.6 is 12.2 Å². The summed E-state index contributed by atoms with van der Waals surface area (Å²) in [6, 6.07) is 0. The minimum Gasteiger partial charge on any atom is -0.355 e. The highest BCUT2D eigenvalue weighted by atomic mass is 32.1. The molecule has 0 aromatic carbocycles. The van der Waals surface area contributed by atoms with Crippen LogP contribution in [0.5, 0.6) is 0 Å². The molecule has 0 rings (SSSR count). The average Bonchev–Trinajstić information content (AvgIpc) is 1.87. The Morgan fingerprint density at radius 3 is 2.40 bits per heavy atom. The Morgan fingerprint density at radius 1 is 1.60 bits per heavy atom. The van der Waals surface area contributed by atoms with E-state index in [2.05, 4.69) is 5.32 Å². The maximum absolute atomic E-state index is 10.7. The van der Waals surface area contributed by atoms with E-state index in [1.165, 1.54) is 0 Å². The maximum Gasteiger partial charge on any atom is 0.225 e. The lowest BCUT2D eigenvalue weighted by molar-refractivity contribution is -0.119. The van der Waals surface area contributed by atoms with Crippen LogP contribution in [0.4, 0.5) is 0 Å². The Labute approximate surface area is 66.4 Å². The van der Waals surface area contributed by atoms with E-state index in [-0.39, 0.29) is 5.91 Å². The SMILES string of the molecule is CCC(=O)NC(=S)N(C)C. The number of nitrogens with one attached hydrogen (secondary N) is 1. The van der Waals surface area contributed by atoms with E-state index < -0.39 is 0 Å². The van der Waals surface area contributed by atoms with Crippen molar-refractivity contribution >= 4 is 23.2 Å². The number of hydrogen-bond acceptors (Lipinski definition) is 2. The molecule has 0 saturated carbocycles. The van der Waals surface area contributed by atoms with E-state index in [1.54, 1.807) is 25.9 Å². The topological polar surface area (TPSA) is 32.3 Å². The van der Waals surface area contributed by atoms with Crippen LogP contribution in [0.2, 0.25) is 0 Å². The van der Waals surface area contributed by atoms with E-state index in [9.17, 15) is 4.79 Å². The number of rotatable bonds is 1. The van der Waals surface area contributed by atoms with Crippen LogP contribution < -0.4 is 5.32 Å². The van der Waals surface area contributed by atoms with E-state index in [0.717, 1.165) is 0 Å². The van der Waals surface area contributed by atoms with Crippen LogP contribution in [0.15, 0.2) is 0 Å². The number of hydrogen-bond donors (Lipinski definition) is 1. The molecule has 3 nitrogen and oxygen atoms in total. The first-order valence-corrected chi connectivity index (χ1v) is 3.50. The number of thiocarbonyl (C=S) groups is 1. The van der Waals surface area contributed by atoms with Crippen molar-refractivity contribution in [3.8, 4) is 0 Å². The van der Waals surface area contributed by atoms with Gasteiger partial charge < -0.3 is 10.2 Å². The standard InChI is InChI=1S/C6H12N2OS/c1-4-5(9)7-6(10)8(2)3/h4H2,1-3H3,(H,7,9,10). The zero-order valence-corrected chi connectivity index (χ0v) is 7.29. The molecule has 0 aliphatic rings. The van der Waals surface area contributed by atoms with Crippen molar-refractivity contribution in [2.45, 2.75) is 13.3 Å². The number of carbonyl (C=O) groups excluding carboxylic acids is 1. The third kappa shape index (κ3) is 3.40. The molecular weight excluding hydrogens is 148 g/mol. The maximum atomic E-state index is 10.7. The fraction of sp³-hybridized carbons (Fsp3) is 0.667. The van der Waals surface area contributed by atoms with Gasteiger partial charge in [-0.05, 0) is 12.2 Å². The molecule has 0 fully saturated rings. The molecule has 0 heterocycles. The first kappa shape index (κ1) is 9.36. The van der Waals surface area contributed by atoms with Crippen LogP contribution in [-0.4, -0.2) is 30.0 Å². The van der Waals surface area contributed by atoms with Crippen molar-refractivity contribution in [3.05, 3.63) is 0 Å². The molecule has 58 valence electrons. The van der Waals surface area contributed by atoms with Crippen LogP contribution in [-0.2, 0) is 4.79 Å². The molecule has 0 radical (unpaired) electrons. The zero-order valence-electron chi connectivity index (χ0n) is 6.47. The van der Waals surface area contributed by atoms with Crippen LogP contribution in [0, 0.1) is 0 Å². The van der Waals surface area contributed by atoms with Crippen molar-refractivity contribution in [3.63, 3.8) is 0 Å². The molecule has 4 heteroatoms. The molecular formula is C6H12N2OS. The highest BCUT2D eigenvalue weighted by Gasteiger charge is 2.01. The van der Waals surface area contributed by atoms with Crippen molar-refractivity contribution in [2.24, 2.45) is 0 Å². The quantitative estimate of drug-likeness (QED) is 0.562. The lowest BCUT2D eigenvalue weighted by Gasteiger charge is -2.13. The summed E-state index contributed by atoms with van der Waals surface area (Å²) in [4.78, 5) is 12.4. The fourth-order valence-corrected chi connectivity index (χ4v) is 0.433. The van der Waals surface area contributed by atoms with Gasteiger partial charge >= 0.3 is 0 Å². The third-order valence-electron chi connectivity index (χ3n) is 0.974. The van der Waals surface area contributed by atoms with Gasteiger partial charge in [-0.15, -0.1) is 0 Å². The summed E-state index contributed by atoms with van der Waals surface area (Å²) in [7, 11) is 3.58. The van der Waals surface area contributed by atoms with Crippen molar-refractivity contribution in [1.29, 1.82) is 0 Å². The Bertz CT molecular complexity index is 145. The number of carbonyl (C=O) groups is 1.